The number of hydrogen-bond donors (Lipinski definition) is 2. The third-order valence-electron chi connectivity index (χ3n) is 2.68. The topological polar surface area (TPSA) is 45.2 Å². The number of thiazole rings is 1. The summed E-state index contributed by atoms with van der Waals surface area (Å²) >= 11 is 1.77. The van der Waals surface area contributed by atoms with Crippen LogP contribution in [0, 0.1) is 6.92 Å². The summed E-state index contributed by atoms with van der Waals surface area (Å²) in [4.78, 5) is 5.93. The molecule has 0 bridgehead atoms. The van der Waals surface area contributed by atoms with Gasteiger partial charge in [-0.05, 0) is 20.8 Å². The summed E-state index contributed by atoms with van der Waals surface area (Å²) in [6.45, 7) is 12.9. The second kappa shape index (κ2) is 5.46. The molecule has 1 aromatic rings. The van der Waals surface area contributed by atoms with Crippen LogP contribution in [-0.2, 0) is 5.41 Å². The highest BCUT2D eigenvalue weighted by atomic mass is 32.1. The Morgan fingerprint density at radius 2 is 1.94 bits per heavy atom. The van der Waals surface area contributed by atoms with E-state index < -0.39 is 0 Å². The van der Waals surface area contributed by atoms with Gasteiger partial charge in [-0.2, -0.15) is 0 Å². The summed E-state index contributed by atoms with van der Waals surface area (Å²) in [5.41, 5.74) is 1.21. The maximum atomic E-state index is 9.06. The van der Waals surface area contributed by atoms with Crippen molar-refractivity contribution in [2.45, 2.75) is 59.0 Å². The molecule has 1 heterocycles. The molecule has 0 aromatic carbocycles. The van der Waals surface area contributed by atoms with Crippen LogP contribution in [0.2, 0.25) is 0 Å². The lowest BCUT2D eigenvalue weighted by molar-refractivity contribution is 0.243. The second-order valence-corrected chi connectivity index (χ2v) is 6.72. The van der Waals surface area contributed by atoms with Crippen LogP contribution in [0.5, 0.6) is 0 Å². The van der Waals surface area contributed by atoms with Gasteiger partial charge in [0.2, 0.25) is 0 Å². The molecule has 0 saturated carbocycles. The summed E-state index contributed by atoms with van der Waals surface area (Å²) in [6, 6.07) is 0.357. The fourth-order valence-electron chi connectivity index (χ4n) is 1.69. The van der Waals surface area contributed by atoms with Crippen LogP contribution in [0.25, 0.3) is 0 Å². The van der Waals surface area contributed by atoms with Crippen LogP contribution in [0.3, 0.4) is 0 Å². The Bertz CT molecular complexity index is 368. The Balaban J connectivity index is 2.88. The van der Waals surface area contributed by atoms with E-state index >= 15 is 0 Å². The van der Waals surface area contributed by atoms with Gasteiger partial charge in [-0.15, -0.1) is 11.3 Å². The molecule has 0 fully saturated rings. The number of aryl methyl sites for hydroxylation is 1. The molecular weight excluding hydrogens is 232 g/mol. The molecule has 2 N–H and O–H groups in total. The lowest BCUT2D eigenvalue weighted by Crippen LogP contribution is -2.31. The summed E-state index contributed by atoms with van der Waals surface area (Å²) in [7, 11) is 0. The van der Waals surface area contributed by atoms with Gasteiger partial charge in [-0.3, -0.25) is 0 Å². The molecule has 98 valence electrons. The van der Waals surface area contributed by atoms with E-state index in [-0.39, 0.29) is 24.1 Å². The van der Waals surface area contributed by atoms with Crippen molar-refractivity contribution in [2.75, 3.05) is 6.61 Å². The first-order chi connectivity index (χ1) is 7.75. The Kier molecular flexibility index (Phi) is 4.69. The van der Waals surface area contributed by atoms with Crippen molar-refractivity contribution < 1.29 is 5.11 Å². The second-order valence-electron chi connectivity index (χ2n) is 5.69. The molecule has 0 aliphatic rings. The molecule has 0 amide bonds. The first-order valence-electron chi connectivity index (χ1n) is 6.10. The fraction of sp³-hybridized carbons (Fsp3) is 0.769. The monoisotopic (exact) mass is 256 g/mol. The Labute approximate surface area is 108 Å². The van der Waals surface area contributed by atoms with Crippen LogP contribution in [0.1, 0.15) is 56.2 Å². The average Bonchev–Trinajstić information content (AvgIpc) is 2.59. The van der Waals surface area contributed by atoms with E-state index in [0.717, 1.165) is 5.69 Å². The zero-order chi connectivity index (χ0) is 13.2. The quantitative estimate of drug-likeness (QED) is 0.870. The van der Waals surface area contributed by atoms with Gasteiger partial charge < -0.3 is 10.4 Å². The van der Waals surface area contributed by atoms with Crippen molar-refractivity contribution in [3.05, 3.63) is 15.6 Å². The molecule has 0 aliphatic heterocycles. The van der Waals surface area contributed by atoms with Crippen LogP contribution in [0.15, 0.2) is 0 Å². The Morgan fingerprint density at radius 1 is 1.35 bits per heavy atom. The van der Waals surface area contributed by atoms with E-state index in [4.69, 9.17) is 5.11 Å². The first kappa shape index (κ1) is 14.6. The SMILES string of the molecule is Cc1nc(C(C)(C)C)sc1C(C)N[C@H](C)CO. The van der Waals surface area contributed by atoms with Crippen LogP contribution in [0.4, 0.5) is 0 Å². The number of aliphatic hydroxyl groups excluding tert-OH is 1. The number of aromatic nitrogens is 1. The van der Waals surface area contributed by atoms with Gasteiger partial charge in [-0.25, -0.2) is 4.98 Å². The predicted molar refractivity (Wildman–Crippen MR) is 73.6 cm³/mol. The average molecular weight is 256 g/mol. The Morgan fingerprint density at radius 3 is 2.35 bits per heavy atom. The van der Waals surface area contributed by atoms with E-state index in [1.807, 2.05) is 6.92 Å². The summed E-state index contributed by atoms with van der Waals surface area (Å²) in [6.07, 6.45) is 0. The summed E-state index contributed by atoms with van der Waals surface area (Å²) < 4.78 is 0. The van der Waals surface area contributed by atoms with Crippen LogP contribution >= 0.6 is 11.3 Å². The molecule has 0 spiro atoms. The number of rotatable bonds is 4. The number of nitrogens with zero attached hydrogens (tertiary/aromatic N) is 1. The highest BCUT2D eigenvalue weighted by Gasteiger charge is 2.22. The number of hydrogen-bond acceptors (Lipinski definition) is 4. The minimum atomic E-state index is 0.107. The van der Waals surface area contributed by atoms with Gasteiger partial charge in [-0.1, -0.05) is 20.8 Å². The molecule has 4 heteroatoms. The fourth-order valence-corrected chi connectivity index (χ4v) is 2.82. The normalized spacial score (nSPS) is 15.9. The van der Waals surface area contributed by atoms with Gasteiger partial charge in [0.05, 0.1) is 17.3 Å². The lowest BCUT2D eigenvalue weighted by Gasteiger charge is -2.17. The predicted octanol–water partition coefficient (Wildman–Crippen LogP) is 2.78. The largest absolute Gasteiger partial charge is 0.395 e. The molecule has 0 aliphatic carbocycles. The molecule has 17 heavy (non-hydrogen) atoms. The van der Waals surface area contributed by atoms with E-state index in [2.05, 4.69) is 44.9 Å². The third kappa shape index (κ3) is 3.76. The highest BCUT2D eigenvalue weighted by Crippen LogP contribution is 2.32. The first-order valence-corrected chi connectivity index (χ1v) is 6.92. The zero-order valence-corrected chi connectivity index (χ0v) is 12.5. The smallest absolute Gasteiger partial charge is 0.0985 e. The van der Waals surface area contributed by atoms with Gasteiger partial charge >= 0.3 is 0 Å². The van der Waals surface area contributed by atoms with Gasteiger partial charge in [0.1, 0.15) is 0 Å². The van der Waals surface area contributed by atoms with Crippen molar-refractivity contribution in [3.63, 3.8) is 0 Å². The van der Waals surface area contributed by atoms with Crippen molar-refractivity contribution >= 4 is 11.3 Å². The van der Waals surface area contributed by atoms with E-state index in [0.29, 0.717) is 0 Å². The maximum absolute atomic E-state index is 9.06. The van der Waals surface area contributed by atoms with Crippen LogP contribution < -0.4 is 5.32 Å². The third-order valence-corrected chi connectivity index (χ3v) is 4.44. The molecule has 1 aromatic heterocycles. The molecule has 2 atom stereocenters. The lowest BCUT2D eigenvalue weighted by atomic mass is 9.98. The van der Waals surface area contributed by atoms with Crippen molar-refractivity contribution in [2.24, 2.45) is 0 Å². The van der Waals surface area contributed by atoms with Crippen molar-refractivity contribution in [3.8, 4) is 0 Å². The minimum Gasteiger partial charge on any atom is -0.395 e. The molecule has 3 nitrogen and oxygen atoms in total. The van der Waals surface area contributed by atoms with Crippen LogP contribution in [-0.4, -0.2) is 22.7 Å². The highest BCUT2D eigenvalue weighted by molar-refractivity contribution is 7.12. The standard InChI is InChI=1S/C13H24N2OS/c1-8(7-16)14-9(2)11-10(3)15-12(17-11)13(4,5)6/h8-9,14,16H,7H2,1-6H3/t8-,9?/m1/s1. The maximum Gasteiger partial charge on any atom is 0.0985 e. The molecule has 0 radical (unpaired) electrons. The summed E-state index contributed by atoms with van der Waals surface area (Å²) in [5.74, 6) is 0. The molecular formula is C13H24N2OS. The zero-order valence-electron chi connectivity index (χ0n) is 11.7. The summed E-state index contributed by atoms with van der Waals surface area (Å²) in [5, 5.41) is 13.6. The number of aliphatic hydroxyl groups is 1. The van der Waals surface area contributed by atoms with Gasteiger partial charge in [0.25, 0.3) is 0 Å². The van der Waals surface area contributed by atoms with E-state index in [9.17, 15) is 0 Å². The molecule has 1 unspecified atom stereocenters. The molecule has 1 rings (SSSR count). The van der Waals surface area contributed by atoms with Gasteiger partial charge in [0, 0.05) is 22.4 Å². The van der Waals surface area contributed by atoms with Crippen molar-refractivity contribution in [1.82, 2.24) is 10.3 Å². The Hall–Kier alpha value is -0.450. The molecule has 0 saturated heterocycles. The van der Waals surface area contributed by atoms with E-state index in [1.165, 1.54) is 9.88 Å². The minimum absolute atomic E-state index is 0.107. The van der Waals surface area contributed by atoms with E-state index in [1.54, 1.807) is 11.3 Å². The van der Waals surface area contributed by atoms with Gasteiger partial charge in [0.15, 0.2) is 0 Å². The number of nitrogens with one attached hydrogen (secondary N) is 1. The van der Waals surface area contributed by atoms with Crippen molar-refractivity contribution in [1.29, 1.82) is 0 Å².